The predicted octanol–water partition coefficient (Wildman–Crippen LogP) is 5.91. The smallest absolute Gasteiger partial charge is 0.262 e. The first-order valence-electron chi connectivity index (χ1n) is 7.81. The third-order valence-electron chi connectivity index (χ3n) is 3.37. The summed E-state index contributed by atoms with van der Waals surface area (Å²) in [6.07, 6.45) is 0. The van der Waals surface area contributed by atoms with E-state index in [2.05, 4.69) is 21.2 Å². The van der Waals surface area contributed by atoms with E-state index in [9.17, 15) is 4.79 Å². The maximum absolute atomic E-state index is 12.0. The molecule has 0 saturated carbocycles. The highest BCUT2D eigenvalue weighted by atomic mass is 79.9. The van der Waals surface area contributed by atoms with Crippen LogP contribution in [-0.2, 0) is 4.79 Å². The van der Waals surface area contributed by atoms with E-state index in [4.69, 9.17) is 21.1 Å². The summed E-state index contributed by atoms with van der Waals surface area (Å²) in [6.45, 7) is -0.109. The van der Waals surface area contributed by atoms with Crippen LogP contribution in [0.1, 0.15) is 0 Å². The van der Waals surface area contributed by atoms with Gasteiger partial charge in [-0.05, 0) is 70.5 Å². The average Bonchev–Trinajstić information content (AvgIpc) is 2.63. The van der Waals surface area contributed by atoms with Gasteiger partial charge in [0.05, 0.1) is 4.47 Å². The van der Waals surface area contributed by atoms with Crippen molar-refractivity contribution in [3.63, 3.8) is 0 Å². The highest BCUT2D eigenvalue weighted by molar-refractivity contribution is 9.10. The minimum Gasteiger partial charge on any atom is -0.483 e. The average molecular weight is 433 g/mol. The normalized spacial score (nSPS) is 10.2. The van der Waals surface area contributed by atoms with Crippen LogP contribution in [-0.4, -0.2) is 12.5 Å². The second kappa shape index (κ2) is 8.74. The lowest BCUT2D eigenvalue weighted by Crippen LogP contribution is -2.20. The van der Waals surface area contributed by atoms with Crippen molar-refractivity contribution in [2.24, 2.45) is 0 Å². The maximum atomic E-state index is 12.0. The van der Waals surface area contributed by atoms with E-state index in [0.29, 0.717) is 26.7 Å². The molecular formula is C20H15BrClNO3. The number of para-hydroxylation sites is 1. The first kappa shape index (κ1) is 18.3. The van der Waals surface area contributed by atoms with Crippen molar-refractivity contribution >= 4 is 39.1 Å². The molecule has 3 aromatic rings. The Morgan fingerprint density at radius 3 is 2.35 bits per heavy atom. The third kappa shape index (κ3) is 5.25. The van der Waals surface area contributed by atoms with Crippen molar-refractivity contribution < 1.29 is 14.3 Å². The molecule has 0 fully saturated rings. The Morgan fingerprint density at radius 2 is 1.65 bits per heavy atom. The lowest BCUT2D eigenvalue weighted by Gasteiger charge is -2.10. The molecule has 0 radical (unpaired) electrons. The fraction of sp³-hybridized carbons (Fsp3) is 0.0500. The van der Waals surface area contributed by atoms with Crippen molar-refractivity contribution in [2.75, 3.05) is 11.9 Å². The van der Waals surface area contributed by atoms with Gasteiger partial charge in [0.25, 0.3) is 5.91 Å². The molecule has 0 spiro atoms. The van der Waals surface area contributed by atoms with Crippen molar-refractivity contribution in [2.45, 2.75) is 0 Å². The van der Waals surface area contributed by atoms with Crippen molar-refractivity contribution in [1.82, 2.24) is 0 Å². The molecule has 132 valence electrons. The molecule has 0 aliphatic carbocycles. The maximum Gasteiger partial charge on any atom is 0.262 e. The Kier molecular flexibility index (Phi) is 6.15. The van der Waals surface area contributed by atoms with Gasteiger partial charge >= 0.3 is 0 Å². The van der Waals surface area contributed by atoms with Crippen LogP contribution in [0.5, 0.6) is 17.2 Å². The van der Waals surface area contributed by atoms with Crippen LogP contribution in [0.3, 0.4) is 0 Å². The first-order chi connectivity index (χ1) is 12.6. The molecule has 0 atom stereocenters. The van der Waals surface area contributed by atoms with E-state index in [1.807, 2.05) is 30.3 Å². The molecule has 0 bridgehead atoms. The molecule has 0 saturated heterocycles. The quantitative estimate of drug-likeness (QED) is 0.526. The van der Waals surface area contributed by atoms with Crippen LogP contribution in [0.4, 0.5) is 5.69 Å². The molecule has 3 rings (SSSR count). The number of rotatable bonds is 6. The number of anilines is 1. The Balaban J connectivity index is 1.52. The van der Waals surface area contributed by atoms with Gasteiger partial charge in [0.2, 0.25) is 0 Å². The number of nitrogens with one attached hydrogen (secondary N) is 1. The fourth-order valence-electron chi connectivity index (χ4n) is 2.16. The number of benzene rings is 3. The summed E-state index contributed by atoms with van der Waals surface area (Å²) < 4.78 is 11.9. The topological polar surface area (TPSA) is 47.6 Å². The number of hydrogen-bond donors (Lipinski definition) is 1. The molecule has 26 heavy (non-hydrogen) atoms. The highest BCUT2D eigenvalue weighted by Gasteiger charge is 2.07. The van der Waals surface area contributed by atoms with Crippen LogP contribution in [0, 0.1) is 0 Å². The molecule has 3 aromatic carbocycles. The molecule has 1 N–H and O–H groups in total. The van der Waals surface area contributed by atoms with Crippen LogP contribution < -0.4 is 14.8 Å². The number of carbonyl (C=O) groups is 1. The van der Waals surface area contributed by atoms with E-state index in [1.54, 1.807) is 42.5 Å². The standard InChI is InChI=1S/C20H15BrClNO3/c21-18-12-14(22)6-11-19(18)25-13-20(24)23-15-7-9-17(10-8-15)26-16-4-2-1-3-5-16/h1-12H,13H2,(H,23,24). The summed E-state index contributed by atoms with van der Waals surface area (Å²) >= 11 is 9.22. The summed E-state index contributed by atoms with van der Waals surface area (Å²) in [5, 5.41) is 3.36. The molecule has 4 nitrogen and oxygen atoms in total. The van der Waals surface area contributed by atoms with E-state index in [0.717, 1.165) is 5.75 Å². The van der Waals surface area contributed by atoms with Gasteiger partial charge in [-0.1, -0.05) is 29.8 Å². The summed E-state index contributed by atoms with van der Waals surface area (Å²) in [5.74, 6) is 1.74. The summed E-state index contributed by atoms with van der Waals surface area (Å²) in [7, 11) is 0. The number of amides is 1. The minimum absolute atomic E-state index is 0.109. The minimum atomic E-state index is -0.261. The van der Waals surface area contributed by atoms with Crippen LogP contribution >= 0.6 is 27.5 Å². The molecule has 0 aliphatic heterocycles. The Morgan fingerprint density at radius 1 is 0.962 bits per heavy atom. The van der Waals surface area contributed by atoms with Gasteiger partial charge in [0.1, 0.15) is 17.2 Å². The third-order valence-corrected chi connectivity index (χ3v) is 4.22. The zero-order valence-corrected chi connectivity index (χ0v) is 16.0. The second-order valence-corrected chi connectivity index (χ2v) is 6.64. The number of ether oxygens (including phenoxy) is 2. The molecule has 0 heterocycles. The van der Waals surface area contributed by atoms with E-state index < -0.39 is 0 Å². The Bertz CT molecular complexity index is 885. The summed E-state index contributed by atoms with van der Waals surface area (Å²) in [4.78, 5) is 12.0. The zero-order chi connectivity index (χ0) is 18.4. The molecule has 6 heteroatoms. The van der Waals surface area contributed by atoms with E-state index in [1.165, 1.54) is 0 Å². The molecule has 0 aliphatic rings. The van der Waals surface area contributed by atoms with Crippen molar-refractivity contribution in [1.29, 1.82) is 0 Å². The van der Waals surface area contributed by atoms with E-state index >= 15 is 0 Å². The lowest BCUT2D eigenvalue weighted by atomic mass is 10.3. The number of hydrogen-bond acceptors (Lipinski definition) is 3. The van der Waals surface area contributed by atoms with Gasteiger partial charge in [-0.25, -0.2) is 0 Å². The summed E-state index contributed by atoms with van der Waals surface area (Å²) in [6, 6.07) is 21.7. The summed E-state index contributed by atoms with van der Waals surface area (Å²) in [5.41, 5.74) is 0.661. The first-order valence-corrected chi connectivity index (χ1v) is 8.98. The van der Waals surface area contributed by atoms with Gasteiger partial charge in [0.15, 0.2) is 6.61 Å². The second-order valence-electron chi connectivity index (χ2n) is 5.35. The van der Waals surface area contributed by atoms with Crippen LogP contribution in [0.25, 0.3) is 0 Å². The lowest BCUT2D eigenvalue weighted by molar-refractivity contribution is -0.118. The molecular weight excluding hydrogens is 418 g/mol. The molecule has 0 unspecified atom stereocenters. The molecule has 1 amide bonds. The van der Waals surface area contributed by atoms with Gasteiger partial charge < -0.3 is 14.8 Å². The van der Waals surface area contributed by atoms with Gasteiger partial charge in [-0.2, -0.15) is 0 Å². The number of carbonyl (C=O) groups excluding carboxylic acids is 1. The predicted molar refractivity (Wildman–Crippen MR) is 106 cm³/mol. The highest BCUT2D eigenvalue weighted by Crippen LogP contribution is 2.28. The largest absolute Gasteiger partial charge is 0.483 e. The van der Waals surface area contributed by atoms with Crippen LogP contribution in [0.15, 0.2) is 77.3 Å². The fourth-order valence-corrected chi connectivity index (χ4v) is 2.96. The Hall–Kier alpha value is -2.50. The van der Waals surface area contributed by atoms with Gasteiger partial charge in [-0.15, -0.1) is 0 Å². The molecule has 0 aromatic heterocycles. The van der Waals surface area contributed by atoms with E-state index in [-0.39, 0.29) is 12.5 Å². The SMILES string of the molecule is O=C(COc1ccc(Cl)cc1Br)Nc1ccc(Oc2ccccc2)cc1. The number of halogens is 2. The van der Waals surface area contributed by atoms with Crippen molar-refractivity contribution in [3.8, 4) is 17.2 Å². The van der Waals surface area contributed by atoms with Gasteiger partial charge in [-0.3, -0.25) is 4.79 Å². The van der Waals surface area contributed by atoms with Crippen molar-refractivity contribution in [3.05, 3.63) is 82.3 Å². The zero-order valence-electron chi connectivity index (χ0n) is 13.6. The van der Waals surface area contributed by atoms with Gasteiger partial charge in [0, 0.05) is 10.7 Å². The Labute approximate surface area is 164 Å². The van der Waals surface area contributed by atoms with Crippen LogP contribution in [0.2, 0.25) is 5.02 Å². The monoisotopic (exact) mass is 431 g/mol.